The molecule has 8 heteroatoms. The Labute approximate surface area is 176 Å². The van der Waals surface area contributed by atoms with Crippen LogP contribution in [0.4, 0.5) is 13.2 Å². The van der Waals surface area contributed by atoms with E-state index in [0.29, 0.717) is 6.42 Å². The highest BCUT2D eigenvalue weighted by atomic mass is 19.1. The molecule has 1 unspecified atom stereocenters. The molecular weight excluding hydrogens is 411 g/mol. The number of benzene rings is 2. The molecule has 0 radical (unpaired) electrons. The lowest BCUT2D eigenvalue weighted by molar-refractivity contribution is -0.145. The first-order chi connectivity index (χ1) is 14.5. The van der Waals surface area contributed by atoms with Crippen molar-refractivity contribution in [3.05, 3.63) is 64.6 Å². The molecule has 0 saturated heterocycles. The number of aromatic nitrogens is 1. The second-order valence-electron chi connectivity index (χ2n) is 7.84. The molecular formula is C23H22F3NO4. The van der Waals surface area contributed by atoms with Gasteiger partial charge in [-0.2, -0.15) is 0 Å². The third kappa shape index (κ3) is 3.26. The number of phenols is 1. The van der Waals surface area contributed by atoms with E-state index >= 15 is 4.39 Å². The molecule has 0 amide bonds. The molecule has 0 aliphatic rings. The molecule has 3 rings (SSSR count). The number of phenolic OH excluding ortho intramolecular Hbond substituents is 1. The Kier molecular flexibility index (Phi) is 5.60. The zero-order chi connectivity index (χ0) is 23.2. The summed E-state index contributed by atoms with van der Waals surface area (Å²) in [6.45, 7) is 6.27. The van der Waals surface area contributed by atoms with E-state index in [1.807, 2.05) is 0 Å². The predicted octanol–water partition coefficient (Wildman–Crippen LogP) is 5.15. The molecule has 0 fully saturated rings. The number of fused-ring (bicyclic) bond motifs is 1. The number of aromatic hydroxyl groups is 1. The van der Waals surface area contributed by atoms with Crippen molar-refractivity contribution >= 4 is 22.8 Å². The zero-order valence-electron chi connectivity index (χ0n) is 17.5. The van der Waals surface area contributed by atoms with Crippen molar-refractivity contribution in [1.82, 2.24) is 4.57 Å². The number of carboxylic acid groups (broad SMARTS) is 1. The number of hydrogen-bond donors (Lipinski definition) is 2. The summed E-state index contributed by atoms with van der Waals surface area (Å²) in [5.74, 6) is -7.14. The molecule has 31 heavy (non-hydrogen) atoms. The molecule has 164 valence electrons. The molecule has 0 bridgehead atoms. The minimum absolute atomic E-state index is 0.0399. The van der Waals surface area contributed by atoms with Gasteiger partial charge < -0.3 is 10.2 Å². The van der Waals surface area contributed by atoms with Gasteiger partial charge in [-0.05, 0) is 38.0 Å². The Hall–Kier alpha value is -3.29. The maximum absolute atomic E-state index is 15.1. The van der Waals surface area contributed by atoms with Crippen LogP contribution in [0.5, 0.6) is 5.75 Å². The van der Waals surface area contributed by atoms with Crippen molar-refractivity contribution in [3.63, 3.8) is 0 Å². The molecule has 0 aliphatic heterocycles. The molecule has 1 heterocycles. The highest BCUT2D eigenvalue weighted by molar-refractivity contribution is 6.06. The van der Waals surface area contributed by atoms with Gasteiger partial charge >= 0.3 is 5.97 Å². The highest BCUT2D eigenvalue weighted by Gasteiger charge is 2.45. The molecule has 2 aromatic carbocycles. The number of rotatable bonds is 5. The Morgan fingerprint density at radius 2 is 1.84 bits per heavy atom. The average molecular weight is 433 g/mol. The van der Waals surface area contributed by atoms with Gasteiger partial charge in [-0.15, -0.1) is 0 Å². The number of halogens is 3. The minimum Gasteiger partial charge on any atom is -0.503 e. The van der Waals surface area contributed by atoms with Gasteiger partial charge in [0.2, 0.25) is 0 Å². The smallest absolute Gasteiger partial charge is 0.314 e. The average Bonchev–Trinajstić information content (AvgIpc) is 3.02. The summed E-state index contributed by atoms with van der Waals surface area (Å²) in [5, 5.41) is 19.6. The van der Waals surface area contributed by atoms with E-state index < -0.39 is 46.4 Å². The fraction of sp³-hybridized carbons (Fsp3) is 0.304. The van der Waals surface area contributed by atoms with Crippen LogP contribution in [-0.4, -0.2) is 26.7 Å². The van der Waals surface area contributed by atoms with E-state index in [2.05, 4.69) is 0 Å². The van der Waals surface area contributed by atoms with Crippen molar-refractivity contribution in [2.75, 3.05) is 0 Å². The van der Waals surface area contributed by atoms with Gasteiger partial charge in [0.15, 0.2) is 17.4 Å². The first-order valence-corrected chi connectivity index (χ1v) is 9.72. The first kappa shape index (κ1) is 22.4. The molecule has 0 aliphatic carbocycles. The third-order valence-electron chi connectivity index (χ3n) is 6.20. The van der Waals surface area contributed by atoms with Crippen LogP contribution in [0, 0.1) is 30.3 Å². The summed E-state index contributed by atoms with van der Waals surface area (Å²) in [5.41, 5.74) is -1.96. The van der Waals surface area contributed by atoms with Gasteiger partial charge in [0.05, 0.1) is 10.9 Å². The fourth-order valence-electron chi connectivity index (χ4n) is 4.10. The Balaban J connectivity index is 2.50. The van der Waals surface area contributed by atoms with Crippen molar-refractivity contribution in [2.45, 2.75) is 39.5 Å². The lowest BCUT2D eigenvalue weighted by Crippen LogP contribution is -2.39. The van der Waals surface area contributed by atoms with Crippen LogP contribution in [-0.2, 0) is 10.2 Å². The van der Waals surface area contributed by atoms with Crippen LogP contribution in [0.3, 0.4) is 0 Å². The van der Waals surface area contributed by atoms with Crippen LogP contribution in [0.2, 0.25) is 0 Å². The summed E-state index contributed by atoms with van der Waals surface area (Å²) in [4.78, 5) is 25.6. The quantitative estimate of drug-likeness (QED) is 0.583. The lowest BCUT2D eigenvalue weighted by atomic mass is 9.70. The van der Waals surface area contributed by atoms with E-state index in [4.69, 9.17) is 0 Å². The van der Waals surface area contributed by atoms with Gasteiger partial charge in [0.25, 0.3) is 5.91 Å². The monoisotopic (exact) mass is 433 g/mol. The van der Waals surface area contributed by atoms with E-state index in [1.54, 1.807) is 13.8 Å². The van der Waals surface area contributed by atoms with Crippen molar-refractivity contribution in [1.29, 1.82) is 0 Å². The zero-order valence-corrected chi connectivity index (χ0v) is 17.5. The Bertz CT molecular complexity index is 1220. The Morgan fingerprint density at radius 3 is 2.39 bits per heavy atom. The first-order valence-electron chi connectivity index (χ1n) is 9.72. The second kappa shape index (κ2) is 7.76. The standard InChI is InChI=1S/C23H22F3NO4/c1-5-11(2)23(4,22(30)31)18-12(3)27(21(29)13-7-6-8-14(24)9-13)16-10-15(25)20(28)19(26)17(16)18/h6-11,28H,5H2,1-4H3,(H,30,31)/t11?,23-/m1/s1. The van der Waals surface area contributed by atoms with E-state index in [1.165, 1.54) is 26.0 Å². The highest BCUT2D eigenvalue weighted by Crippen LogP contribution is 2.45. The molecule has 3 aromatic rings. The van der Waals surface area contributed by atoms with E-state index in [-0.39, 0.29) is 27.7 Å². The molecule has 5 nitrogen and oxygen atoms in total. The van der Waals surface area contributed by atoms with Gasteiger partial charge in [-0.1, -0.05) is 26.3 Å². The summed E-state index contributed by atoms with van der Waals surface area (Å²) in [6, 6.07) is 5.56. The maximum Gasteiger partial charge on any atom is 0.314 e. The summed E-state index contributed by atoms with van der Waals surface area (Å²) >= 11 is 0. The number of carbonyl (C=O) groups excluding carboxylic acids is 1. The molecule has 2 atom stereocenters. The van der Waals surface area contributed by atoms with Crippen molar-refractivity contribution < 1.29 is 33.0 Å². The number of hydrogen-bond acceptors (Lipinski definition) is 3. The molecule has 1 aromatic heterocycles. The van der Waals surface area contributed by atoms with Crippen LogP contribution >= 0.6 is 0 Å². The normalized spacial score (nSPS) is 14.4. The van der Waals surface area contributed by atoms with Gasteiger partial charge in [0.1, 0.15) is 5.82 Å². The van der Waals surface area contributed by atoms with Crippen LogP contribution in [0.1, 0.15) is 48.8 Å². The van der Waals surface area contributed by atoms with Crippen molar-refractivity contribution in [2.24, 2.45) is 5.92 Å². The summed E-state index contributed by atoms with van der Waals surface area (Å²) < 4.78 is 44.1. The molecule has 2 N–H and O–H groups in total. The number of carbonyl (C=O) groups is 2. The van der Waals surface area contributed by atoms with Gasteiger partial charge in [-0.3, -0.25) is 14.2 Å². The Morgan fingerprint density at radius 1 is 1.19 bits per heavy atom. The molecule has 0 saturated carbocycles. The fourth-order valence-corrected chi connectivity index (χ4v) is 4.10. The largest absolute Gasteiger partial charge is 0.503 e. The summed E-state index contributed by atoms with van der Waals surface area (Å²) in [7, 11) is 0. The van der Waals surface area contributed by atoms with Gasteiger partial charge in [0, 0.05) is 28.3 Å². The van der Waals surface area contributed by atoms with Crippen LogP contribution in [0.15, 0.2) is 30.3 Å². The van der Waals surface area contributed by atoms with Crippen molar-refractivity contribution in [3.8, 4) is 5.75 Å². The minimum atomic E-state index is -1.66. The van der Waals surface area contributed by atoms with Gasteiger partial charge in [-0.25, -0.2) is 13.2 Å². The second-order valence-corrected chi connectivity index (χ2v) is 7.84. The predicted molar refractivity (Wildman–Crippen MR) is 109 cm³/mol. The molecule has 0 spiro atoms. The maximum atomic E-state index is 15.1. The number of carboxylic acids is 1. The number of nitrogens with zero attached hydrogens (tertiary/aromatic N) is 1. The van der Waals surface area contributed by atoms with Crippen LogP contribution < -0.4 is 0 Å². The van der Waals surface area contributed by atoms with E-state index in [0.717, 1.165) is 22.8 Å². The lowest BCUT2D eigenvalue weighted by Gasteiger charge is -2.32. The summed E-state index contributed by atoms with van der Waals surface area (Å²) in [6.07, 6.45) is 0.418. The van der Waals surface area contributed by atoms with E-state index in [9.17, 15) is 28.6 Å². The SMILES string of the molecule is CCC(C)[C@@](C)(C(=O)O)c1c(C)n(C(=O)c2cccc(F)c2)c2cc(F)c(O)c(F)c12. The number of aliphatic carboxylic acids is 1. The van der Waals surface area contributed by atoms with Crippen LogP contribution in [0.25, 0.3) is 10.9 Å². The third-order valence-corrected chi connectivity index (χ3v) is 6.20. The topological polar surface area (TPSA) is 79.5 Å².